The van der Waals surface area contributed by atoms with E-state index in [2.05, 4.69) is 29.6 Å². The first kappa shape index (κ1) is 28.4. The summed E-state index contributed by atoms with van der Waals surface area (Å²) in [6.45, 7) is 3.47. The van der Waals surface area contributed by atoms with E-state index in [-0.39, 0.29) is 29.7 Å². The topological polar surface area (TPSA) is 86.7 Å². The van der Waals surface area contributed by atoms with Crippen molar-refractivity contribution < 1.29 is 19.5 Å². The molecule has 6 nitrogen and oxygen atoms in total. The number of carbonyl (C=O) groups is 3. The summed E-state index contributed by atoms with van der Waals surface area (Å²) in [7, 11) is 3.51. The van der Waals surface area contributed by atoms with Crippen molar-refractivity contribution in [3.05, 3.63) is 71.8 Å². The second-order valence-corrected chi connectivity index (χ2v) is 10.9. The average molecular weight is 507 g/mol. The summed E-state index contributed by atoms with van der Waals surface area (Å²) in [6, 6.07) is 20.3. The Morgan fingerprint density at radius 3 is 1.89 bits per heavy atom. The molecule has 3 atom stereocenters. The van der Waals surface area contributed by atoms with Gasteiger partial charge in [0.25, 0.3) is 0 Å². The maximum atomic E-state index is 13.7. The van der Waals surface area contributed by atoms with Gasteiger partial charge in [-0.3, -0.25) is 14.4 Å². The number of benzene rings is 2. The molecule has 0 aliphatic heterocycles. The Morgan fingerprint density at radius 2 is 1.46 bits per heavy atom. The van der Waals surface area contributed by atoms with Gasteiger partial charge in [0.2, 0.25) is 11.8 Å². The van der Waals surface area contributed by atoms with Gasteiger partial charge >= 0.3 is 5.97 Å². The van der Waals surface area contributed by atoms with Crippen LogP contribution in [0.4, 0.5) is 0 Å². The van der Waals surface area contributed by atoms with Crippen molar-refractivity contribution in [3.63, 3.8) is 0 Å². The van der Waals surface area contributed by atoms with Crippen LogP contribution in [0.3, 0.4) is 0 Å². The minimum atomic E-state index is -0.759. The summed E-state index contributed by atoms with van der Waals surface area (Å²) in [5.41, 5.74) is 1.55. The van der Waals surface area contributed by atoms with Gasteiger partial charge < -0.3 is 15.3 Å². The Labute approximate surface area is 221 Å². The lowest BCUT2D eigenvalue weighted by molar-refractivity contribution is -0.150. The molecule has 3 unspecified atom stereocenters. The monoisotopic (exact) mass is 506 g/mol. The fourth-order valence-electron chi connectivity index (χ4n) is 6.16. The molecule has 200 valence electrons. The molecule has 0 bridgehead atoms. The third-order valence-corrected chi connectivity index (χ3v) is 8.21. The van der Waals surface area contributed by atoms with Gasteiger partial charge in [-0.1, -0.05) is 73.5 Å². The molecule has 0 spiro atoms. The van der Waals surface area contributed by atoms with Crippen LogP contribution in [0, 0.1) is 17.3 Å². The van der Waals surface area contributed by atoms with Gasteiger partial charge in [0.05, 0.1) is 5.41 Å². The van der Waals surface area contributed by atoms with E-state index in [4.69, 9.17) is 0 Å². The van der Waals surface area contributed by atoms with Crippen LogP contribution < -0.4 is 5.32 Å². The summed E-state index contributed by atoms with van der Waals surface area (Å²) in [4.78, 5) is 39.7. The van der Waals surface area contributed by atoms with Gasteiger partial charge in [-0.15, -0.1) is 0 Å². The van der Waals surface area contributed by atoms with Gasteiger partial charge in [0, 0.05) is 38.9 Å². The largest absolute Gasteiger partial charge is 0.481 e. The van der Waals surface area contributed by atoms with E-state index in [9.17, 15) is 19.5 Å². The second kappa shape index (κ2) is 12.9. The molecule has 6 heteroatoms. The van der Waals surface area contributed by atoms with Gasteiger partial charge in [-0.2, -0.15) is 0 Å². The van der Waals surface area contributed by atoms with E-state index in [1.54, 1.807) is 19.0 Å². The van der Waals surface area contributed by atoms with Gasteiger partial charge in [0.1, 0.15) is 0 Å². The first-order valence-electron chi connectivity index (χ1n) is 13.5. The number of hydrogen-bond acceptors (Lipinski definition) is 3. The SMILES string of the molecule is CC(=O)NC(C)C(CC(c1ccccc1)c1ccccc1)C(CCC1(C(=O)O)CCCC1)C(=O)N(C)C. The highest BCUT2D eigenvalue weighted by molar-refractivity contribution is 5.79. The lowest BCUT2D eigenvalue weighted by Crippen LogP contribution is -2.46. The quantitative estimate of drug-likeness (QED) is 0.399. The molecule has 0 radical (unpaired) electrons. The molecule has 1 aliphatic rings. The average Bonchev–Trinajstić information content (AvgIpc) is 3.36. The Morgan fingerprint density at radius 1 is 0.946 bits per heavy atom. The Hall–Kier alpha value is -3.15. The van der Waals surface area contributed by atoms with E-state index in [1.165, 1.54) is 6.92 Å². The zero-order valence-corrected chi connectivity index (χ0v) is 22.7. The number of amides is 2. The molecule has 1 aliphatic carbocycles. The highest BCUT2D eigenvalue weighted by Gasteiger charge is 2.44. The molecule has 3 rings (SSSR count). The smallest absolute Gasteiger partial charge is 0.309 e. The van der Waals surface area contributed by atoms with E-state index < -0.39 is 17.3 Å². The summed E-state index contributed by atoms with van der Waals surface area (Å²) in [6.07, 6.45) is 4.75. The predicted molar refractivity (Wildman–Crippen MR) is 146 cm³/mol. The van der Waals surface area contributed by atoms with Crippen molar-refractivity contribution >= 4 is 17.8 Å². The van der Waals surface area contributed by atoms with E-state index >= 15 is 0 Å². The van der Waals surface area contributed by atoms with Crippen LogP contribution in [0.5, 0.6) is 0 Å². The van der Waals surface area contributed by atoms with Crippen LogP contribution in [0.1, 0.15) is 75.8 Å². The van der Waals surface area contributed by atoms with Crippen molar-refractivity contribution in [2.75, 3.05) is 14.1 Å². The number of aliphatic carboxylic acids is 1. The van der Waals surface area contributed by atoms with Crippen LogP contribution in [-0.2, 0) is 14.4 Å². The lowest BCUT2D eigenvalue weighted by Gasteiger charge is -2.37. The number of hydrogen-bond donors (Lipinski definition) is 2. The minimum Gasteiger partial charge on any atom is -0.481 e. The summed E-state index contributed by atoms with van der Waals surface area (Å²) in [5.74, 6) is -1.47. The summed E-state index contributed by atoms with van der Waals surface area (Å²) in [5, 5.41) is 13.1. The van der Waals surface area contributed by atoms with E-state index in [0.29, 0.717) is 32.1 Å². The molecule has 0 heterocycles. The third kappa shape index (κ3) is 7.21. The van der Waals surface area contributed by atoms with Crippen molar-refractivity contribution in [2.45, 2.75) is 70.8 Å². The molecule has 1 saturated carbocycles. The number of carboxylic acid groups (broad SMARTS) is 1. The molecule has 0 saturated heterocycles. The highest BCUT2D eigenvalue weighted by Crippen LogP contribution is 2.45. The van der Waals surface area contributed by atoms with Crippen LogP contribution in [0.25, 0.3) is 0 Å². The standard InChI is InChI=1S/C31H42N2O4/c1-22(32-23(2)34)27(21-28(24-13-7-5-8-14-24)25-15-9-6-10-16-25)26(29(35)33(3)4)17-20-31(30(36)37)18-11-12-19-31/h5-10,13-16,22,26-28H,11-12,17-21H2,1-4H3,(H,32,34)(H,36,37). The van der Waals surface area contributed by atoms with Gasteiger partial charge in [-0.25, -0.2) is 0 Å². The van der Waals surface area contributed by atoms with Crippen LogP contribution in [-0.4, -0.2) is 47.9 Å². The molecule has 2 N–H and O–H groups in total. The molecule has 37 heavy (non-hydrogen) atoms. The van der Waals surface area contributed by atoms with Crippen LogP contribution in [0.15, 0.2) is 60.7 Å². The number of carboxylic acids is 1. The van der Waals surface area contributed by atoms with Crippen molar-refractivity contribution in [2.24, 2.45) is 17.3 Å². The summed E-state index contributed by atoms with van der Waals surface area (Å²) >= 11 is 0. The number of nitrogens with one attached hydrogen (secondary N) is 1. The molecule has 2 amide bonds. The minimum absolute atomic E-state index is 0.0133. The zero-order valence-electron chi connectivity index (χ0n) is 22.7. The number of nitrogens with zero attached hydrogens (tertiary/aromatic N) is 1. The fraction of sp³-hybridized carbons (Fsp3) is 0.516. The van der Waals surface area contributed by atoms with Crippen molar-refractivity contribution in [3.8, 4) is 0 Å². The molecular weight excluding hydrogens is 464 g/mol. The number of carbonyl (C=O) groups excluding carboxylic acids is 2. The molecule has 2 aromatic carbocycles. The summed E-state index contributed by atoms with van der Waals surface area (Å²) < 4.78 is 0. The second-order valence-electron chi connectivity index (χ2n) is 10.9. The zero-order chi connectivity index (χ0) is 27.0. The first-order valence-corrected chi connectivity index (χ1v) is 13.5. The third-order valence-electron chi connectivity index (χ3n) is 8.21. The Kier molecular flexibility index (Phi) is 9.90. The molecule has 2 aromatic rings. The Balaban J connectivity index is 2.02. The highest BCUT2D eigenvalue weighted by atomic mass is 16.4. The molecule has 1 fully saturated rings. The van der Waals surface area contributed by atoms with Crippen molar-refractivity contribution in [1.82, 2.24) is 10.2 Å². The normalized spacial score (nSPS) is 17.1. The molecular formula is C31H42N2O4. The van der Waals surface area contributed by atoms with Gasteiger partial charge in [0.15, 0.2) is 0 Å². The fourth-order valence-corrected chi connectivity index (χ4v) is 6.16. The maximum Gasteiger partial charge on any atom is 0.309 e. The lowest BCUT2D eigenvalue weighted by atomic mass is 9.71. The van der Waals surface area contributed by atoms with Crippen LogP contribution >= 0.6 is 0 Å². The predicted octanol–water partition coefficient (Wildman–Crippen LogP) is 5.48. The number of rotatable bonds is 12. The Bertz CT molecular complexity index is 992. The first-order chi connectivity index (χ1) is 17.6. The van der Waals surface area contributed by atoms with Crippen LogP contribution in [0.2, 0.25) is 0 Å². The van der Waals surface area contributed by atoms with Gasteiger partial charge in [-0.05, 0) is 56.1 Å². The van der Waals surface area contributed by atoms with E-state index in [0.717, 1.165) is 24.0 Å². The molecule has 0 aromatic heterocycles. The maximum absolute atomic E-state index is 13.7. The van der Waals surface area contributed by atoms with E-state index in [1.807, 2.05) is 43.3 Å². The van der Waals surface area contributed by atoms with Crippen molar-refractivity contribution in [1.29, 1.82) is 0 Å².